The molecule has 0 saturated heterocycles. The van der Waals surface area contributed by atoms with Crippen molar-refractivity contribution in [2.75, 3.05) is 6.54 Å². The summed E-state index contributed by atoms with van der Waals surface area (Å²) in [5.74, 6) is -1.73. The van der Waals surface area contributed by atoms with E-state index in [9.17, 15) is 14.4 Å². The van der Waals surface area contributed by atoms with Gasteiger partial charge < -0.3 is 20.5 Å². The molecule has 0 fully saturated rings. The predicted octanol–water partition coefficient (Wildman–Crippen LogP) is 1.77. The molecule has 0 unspecified atom stereocenters. The van der Waals surface area contributed by atoms with Crippen LogP contribution < -0.4 is 10.6 Å². The van der Waals surface area contributed by atoms with Crippen molar-refractivity contribution in [3.8, 4) is 0 Å². The Labute approximate surface area is 132 Å². The summed E-state index contributed by atoms with van der Waals surface area (Å²) in [6.45, 7) is 8.86. The molecular formula is C13H21BrN2O5. The Kier molecular flexibility index (Phi) is 8.01. The molecule has 0 heterocycles. The third kappa shape index (κ3) is 10.8. The van der Waals surface area contributed by atoms with Gasteiger partial charge >= 0.3 is 18.0 Å². The standard InChI is InChI=1S/C13H21BrN2O5/c1-8(14)7-15-12(20)16-9(11(18)19)5-6-10(17)21-13(2,3)4/h9H,1,5-7H2,2-4H3,(H,18,19)(H2,15,16,20)/t9-/m1/s1. The zero-order valence-corrected chi connectivity index (χ0v) is 13.9. The molecule has 0 bridgehead atoms. The Bertz CT molecular complexity index is 417. The third-order valence-electron chi connectivity index (χ3n) is 2.10. The fourth-order valence-electron chi connectivity index (χ4n) is 1.30. The Balaban J connectivity index is 4.32. The molecule has 0 radical (unpaired) electrons. The molecule has 0 aliphatic carbocycles. The van der Waals surface area contributed by atoms with Crippen molar-refractivity contribution < 1.29 is 24.2 Å². The Morgan fingerprint density at radius 2 is 1.90 bits per heavy atom. The van der Waals surface area contributed by atoms with Crippen LogP contribution in [0.3, 0.4) is 0 Å². The highest BCUT2D eigenvalue weighted by molar-refractivity contribution is 9.11. The molecule has 0 aliphatic heterocycles. The Morgan fingerprint density at radius 3 is 2.33 bits per heavy atom. The van der Waals surface area contributed by atoms with Gasteiger partial charge in [0.05, 0.1) is 6.54 Å². The van der Waals surface area contributed by atoms with E-state index in [2.05, 4.69) is 33.1 Å². The van der Waals surface area contributed by atoms with E-state index in [-0.39, 0.29) is 19.4 Å². The number of ether oxygens (including phenoxy) is 1. The molecule has 8 heteroatoms. The zero-order valence-electron chi connectivity index (χ0n) is 12.4. The fraction of sp³-hybridized carbons (Fsp3) is 0.615. The van der Waals surface area contributed by atoms with Gasteiger partial charge in [0.2, 0.25) is 0 Å². The fourth-order valence-corrected chi connectivity index (χ4v) is 1.44. The number of carbonyl (C=O) groups excluding carboxylic acids is 2. The first kappa shape index (κ1) is 19.4. The lowest BCUT2D eigenvalue weighted by Crippen LogP contribution is -2.46. The summed E-state index contributed by atoms with van der Waals surface area (Å²) in [6.07, 6.45) is -0.146. The maximum atomic E-state index is 11.5. The van der Waals surface area contributed by atoms with Crippen LogP contribution in [0.4, 0.5) is 4.79 Å². The lowest BCUT2D eigenvalue weighted by atomic mass is 10.1. The molecule has 21 heavy (non-hydrogen) atoms. The molecule has 120 valence electrons. The molecule has 0 spiro atoms. The number of esters is 1. The lowest BCUT2D eigenvalue weighted by Gasteiger charge is -2.20. The number of urea groups is 1. The van der Waals surface area contributed by atoms with E-state index in [1.54, 1.807) is 20.8 Å². The van der Waals surface area contributed by atoms with Crippen LogP contribution in [-0.4, -0.2) is 41.3 Å². The smallest absolute Gasteiger partial charge is 0.326 e. The minimum atomic E-state index is -1.22. The first-order valence-corrected chi connectivity index (χ1v) is 7.13. The molecule has 1 atom stereocenters. The van der Waals surface area contributed by atoms with Gasteiger partial charge in [0.1, 0.15) is 11.6 Å². The van der Waals surface area contributed by atoms with E-state index in [1.807, 2.05) is 0 Å². The SMILES string of the molecule is C=C(Br)CNC(=O)N[C@H](CCC(=O)OC(C)(C)C)C(=O)O. The Hall–Kier alpha value is -1.57. The van der Waals surface area contributed by atoms with E-state index in [1.165, 1.54) is 0 Å². The number of halogens is 1. The van der Waals surface area contributed by atoms with Crippen LogP contribution in [-0.2, 0) is 14.3 Å². The maximum absolute atomic E-state index is 11.5. The van der Waals surface area contributed by atoms with Crippen LogP contribution in [0.5, 0.6) is 0 Å². The third-order valence-corrected chi connectivity index (χ3v) is 2.38. The van der Waals surface area contributed by atoms with Gasteiger partial charge in [-0.05, 0) is 27.2 Å². The molecular weight excluding hydrogens is 344 g/mol. The molecule has 7 nitrogen and oxygen atoms in total. The van der Waals surface area contributed by atoms with Crippen LogP contribution in [0.2, 0.25) is 0 Å². The number of aliphatic carboxylic acids is 1. The van der Waals surface area contributed by atoms with E-state index < -0.39 is 29.6 Å². The second kappa shape index (κ2) is 8.66. The summed E-state index contributed by atoms with van der Waals surface area (Å²) in [5, 5.41) is 13.7. The number of carboxylic acid groups (broad SMARTS) is 1. The lowest BCUT2D eigenvalue weighted by molar-refractivity contribution is -0.155. The van der Waals surface area contributed by atoms with Gasteiger partial charge in [0.15, 0.2) is 0 Å². The Morgan fingerprint density at radius 1 is 1.33 bits per heavy atom. The first-order chi connectivity index (χ1) is 9.51. The maximum Gasteiger partial charge on any atom is 0.326 e. The van der Waals surface area contributed by atoms with Crippen molar-refractivity contribution in [1.29, 1.82) is 0 Å². The van der Waals surface area contributed by atoms with Gasteiger partial charge in [0, 0.05) is 10.9 Å². The van der Waals surface area contributed by atoms with E-state index in [0.717, 1.165) is 0 Å². The monoisotopic (exact) mass is 364 g/mol. The molecule has 2 amide bonds. The van der Waals surface area contributed by atoms with Crippen molar-refractivity contribution in [1.82, 2.24) is 10.6 Å². The van der Waals surface area contributed by atoms with E-state index in [0.29, 0.717) is 4.48 Å². The van der Waals surface area contributed by atoms with Crippen LogP contribution in [0.15, 0.2) is 11.1 Å². The number of hydrogen-bond acceptors (Lipinski definition) is 4. The number of amides is 2. The summed E-state index contributed by atoms with van der Waals surface area (Å²) in [6, 6.07) is -1.81. The zero-order chi connectivity index (χ0) is 16.6. The van der Waals surface area contributed by atoms with Crippen LogP contribution in [0.1, 0.15) is 33.6 Å². The molecule has 3 N–H and O–H groups in total. The van der Waals surface area contributed by atoms with Gasteiger partial charge in [-0.2, -0.15) is 0 Å². The quantitative estimate of drug-likeness (QED) is 0.597. The summed E-state index contributed by atoms with van der Waals surface area (Å²) in [4.78, 5) is 34.0. The second-order valence-corrected chi connectivity index (χ2v) is 6.48. The number of nitrogens with one attached hydrogen (secondary N) is 2. The molecule has 0 aromatic rings. The van der Waals surface area contributed by atoms with Crippen LogP contribution in [0.25, 0.3) is 0 Å². The number of hydrogen-bond donors (Lipinski definition) is 3. The average molecular weight is 365 g/mol. The predicted molar refractivity (Wildman–Crippen MR) is 81.1 cm³/mol. The molecule has 0 aliphatic rings. The minimum absolute atomic E-state index is 0.0487. The van der Waals surface area contributed by atoms with Gasteiger partial charge in [-0.15, -0.1) is 0 Å². The summed E-state index contributed by atoms with van der Waals surface area (Å²) < 4.78 is 5.63. The van der Waals surface area contributed by atoms with Gasteiger partial charge in [-0.25, -0.2) is 9.59 Å². The van der Waals surface area contributed by atoms with Crippen molar-refractivity contribution in [2.24, 2.45) is 0 Å². The van der Waals surface area contributed by atoms with Crippen LogP contribution >= 0.6 is 15.9 Å². The molecule has 0 rings (SSSR count). The topological polar surface area (TPSA) is 105 Å². The van der Waals surface area contributed by atoms with Gasteiger partial charge in [-0.3, -0.25) is 4.79 Å². The number of rotatable bonds is 7. The molecule has 0 aromatic carbocycles. The highest BCUT2D eigenvalue weighted by Gasteiger charge is 2.23. The van der Waals surface area contributed by atoms with Gasteiger partial charge in [0.25, 0.3) is 0 Å². The first-order valence-electron chi connectivity index (χ1n) is 6.33. The van der Waals surface area contributed by atoms with Gasteiger partial charge in [-0.1, -0.05) is 22.5 Å². The summed E-state index contributed by atoms with van der Waals surface area (Å²) >= 11 is 3.06. The number of carboxylic acids is 1. The van der Waals surface area contributed by atoms with E-state index >= 15 is 0 Å². The molecule has 0 saturated carbocycles. The summed E-state index contributed by atoms with van der Waals surface area (Å²) in [5.41, 5.74) is -0.628. The van der Waals surface area contributed by atoms with Crippen molar-refractivity contribution in [2.45, 2.75) is 45.3 Å². The van der Waals surface area contributed by atoms with E-state index in [4.69, 9.17) is 9.84 Å². The highest BCUT2D eigenvalue weighted by Crippen LogP contribution is 2.10. The number of carbonyl (C=O) groups is 3. The normalized spacial score (nSPS) is 12.2. The largest absolute Gasteiger partial charge is 0.480 e. The van der Waals surface area contributed by atoms with Crippen LogP contribution in [0, 0.1) is 0 Å². The second-order valence-electron chi connectivity index (χ2n) is 5.36. The average Bonchev–Trinajstić information content (AvgIpc) is 2.29. The van der Waals surface area contributed by atoms with Crippen molar-refractivity contribution >= 4 is 33.9 Å². The minimum Gasteiger partial charge on any atom is -0.480 e. The van der Waals surface area contributed by atoms with Crippen molar-refractivity contribution in [3.05, 3.63) is 11.1 Å². The summed E-state index contributed by atoms with van der Waals surface area (Å²) in [7, 11) is 0. The molecule has 0 aromatic heterocycles. The van der Waals surface area contributed by atoms with Crippen molar-refractivity contribution in [3.63, 3.8) is 0 Å². The highest BCUT2D eigenvalue weighted by atomic mass is 79.9.